The molecule has 2 N–H and O–H groups in total. The summed E-state index contributed by atoms with van der Waals surface area (Å²) in [5, 5.41) is 6.84. The van der Waals surface area contributed by atoms with E-state index in [1.165, 1.54) is 9.75 Å². The van der Waals surface area contributed by atoms with Crippen LogP contribution < -0.4 is 10.6 Å². The Bertz CT molecular complexity index is 831. The number of aryl methyl sites for hydroxylation is 1. The number of thiophene rings is 1. The van der Waals surface area contributed by atoms with Crippen LogP contribution in [-0.2, 0) is 12.8 Å². The van der Waals surface area contributed by atoms with Gasteiger partial charge >= 0.3 is 0 Å². The van der Waals surface area contributed by atoms with E-state index in [1.807, 2.05) is 40.1 Å². The molecule has 0 aromatic carbocycles. The summed E-state index contributed by atoms with van der Waals surface area (Å²) in [6.45, 7) is 8.00. The van der Waals surface area contributed by atoms with Crippen molar-refractivity contribution >= 4 is 22.9 Å². The Morgan fingerprint density at radius 3 is 2.92 bits per heavy atom. The lowest BCUT2D eigenvalue weighted by atomic mass is 10.2. The van der Waals surface area contributed by atoms with Gasteiger partial charge in [-0.15, -0.1) is 11.3 Å². The van der Waals surface area contributed by atoms with Crippen molar-refractivity contribution in [1.29, 1.82) is 0 Å². The average molecular weight is 370 g/mol. The standard InChI is InChI=1S/C20H27N5S/c1-4-21-20(23-15(2)13-18-9-8-16(3)26-18)22-11-10-17-14-25-12-6-5-7-19(25)24-17/h5-9,12,14-15H,4,10-11,13H2,1-3H3,(H2,21,22,23). The molecule has 5 nitrogen and oxygen atoms in total. The van der Waals surface area contributed by atoms with E-state index < -0.39 is 0 Å². The SMILES string of the molecule is CCNC(=NCCc1cn2ccccc2n1)NC(C)Cc1ccc(C)s1. The molecule has 1 atom stereocenters. The molecule has 0 aliphatic rings. The average Bonchev–Trinajstić information content (AvgIpc) is 3.20. The third kappa shape index (κ3) is 5.08. The molecule has 0 saturated carbocycles. The lowest BCUT2D eigenvalue weighted by Gasteiger charge is -2.17. The summed E-state index contributed by atoms with van der Waals surface area (Å²) in [5.74, 6) is 0.872. The second-order valence-corrected chi connectivity index (χ2v) is 7.84. The van der Waals surface area contributed by atoms with E-state index in [4.69, 9.17) is 4.99 Å². The van der Waals surface area contributed by atoms with Crippen LogP contribution in [0.1, 0.15) is 29.3 Å². The van der Waals surface area contributed by atoms with Gasteiger partial charge in [0.25, 0.3) is 0 Å². The van der Waals surface area contributed by atoms with Crippen molar-refractivity contribution in [2.24, 2.45) is 4.99 Å². The van der Waals surface area contributed by atoms with E-state index >= 15 is 0 Å². The van der Waals surface area contributed by atoms with Crippen LogP contribution >= 0.6 is 11.3 Å². The highest BCUT2D eigenvalue weighted by Crippen LogP contribution is 2.16. The molecule has 3 aromatic heterocycles. The van der Waals surface area contributed by atoms with Crippen molar-refractivity contribution in [3.8, 4) is 0 Å². The van der Waals surface area contributed by atoms with Gasteiger partial charge in [-0.3, -0.25) is 4.99 Å². The van der Waals surface area contributed by atoms with Crippen molar-refractivity contribution in [2.75, 3.05) is 13.1 Å². The van der Waals surface area contributed by atoms with Gasteiger partial charge in [0.2, 0.25) is 0 Å². The third-order valence-electron chi connectivity index (χ3n) is 4.08. The van der Waals surface area contributed by atoms with Crippen LogP contribution in [-0.4, -0.2) is 34.5 Å². The van der Waals surface area contributed by atoms with Gasteiger partial charge in [-0.25, -0.2) is 4.98 Å². The quantitative estimate of drug-likeness (QED) is 0.495. The van der Waals surface area contributed by atoms with Gasteiger partial charge in [0, 0.05) is 54.1 Å². The maximum absolute atomic E-state index is 4.71. The molecule has 6 heteroatoms. The largest absolute Gasteiger partial charge is 0.357 e. The molecular formula is C20H27N5S. The Labute approximate surface area is 159 Å². The maximum atomic E-state index is 4.71. The molecule has 0 aliphatic carbocycles. The summed E-state index contributed by atoms with van der Waals surface area (Å²) in [7, 11) is 0. The molecule has 0 aliphatic heterocycles. The van der Waals surface area contributed by atoms with Crippen molar-refractivity contribution in [3.05, 3.63) is 58.2 Å². The molecule has 0 fully saturated rings. The smallest absolute Gasteiger partial charge is 0.191 e. The van der Waals surface area contributed by atoms with Crippen LogP contribution in [0.3, 0.4) is 0 Å². The van der Waals surface area contributed by atoms with E-state index in [2.05, 4.69) is 54.7 Å². The van der Waals surface area contributed by atoms with E-state index in [0.717, 1.165) is 36.7 Å². The minimum Gasteiger partial charge on any atom is -0.357 e. The topological polar surface area (TPSA) is 53.7 Å². The molecule has 138 valence electrons. The van der Waals surface area contributed by atoms with Crippen LogP contribution in [0.25, 0.3) is 5.65 Å². The molecule has 0 saturated heterocycles. The van der Waals surface area contributed by atoms with Crippen molar-refractivity contribution < 1.29 is 0 Å². The van der Waals surface area contributed by atoms with Gasteiger partial charge in [0.15, 0.2) is 5.96 Å². The molecule has 0 spiro atoms. The van der Waals surface area contributed by atoms with Crippen LogP contribution in [0.4, 0.5) is 0 Å². The molecule has 0 radical (unpaired) electrons. The Balaban J connectivity index is 1.55. The van der Waals surface area contributed by atoms with Crippen LogP contribution in [0.15, 0.2) is 47.7 Å². The number of hydrogen-bond acceptors (Lipinski definition) is 3. The summed E-state index contributed by atoms with van der Waals surface area (Å²) in [6, 6.07) is 10.8. The monoisotopic (exact) mass is 369 g/mol. The second-order valence-electron chi connectivity index (χ2n) is 6.47. The van der Waals surface area contributed by atoms with E-state index in [0.29, 0.717) is 12.6 Å². The number of guanidine groups is 1. The van der Waals surface area contributed by atoms with Crippen LogP contribution in [0, 0.1) is 6.92 Å². The van der Waals surface area contributed by atoms with Gasteiger partial charge in [-0.1, -0.05) is 6.07 Å². The zero-order valence-electron chi connectivity index (χ0n) is 15.7. The fourth-order valence-electron chi connectivity index (χ4n) is 2.89. The fourth-order valence-corrected chi connectivity index (χ4v) is 3.91. The summed E-state index contributed by atoms with van der Waals surface area (Å²) in [4.78, 5) is 12.1. The minimum atomic E-state index is 0.334. The zero-order valence-corrected chi connectivity index (χ0v) is 16.5. The van der Waals surface area contributed by atoms with Crippen molar-refractivity contribution in [3.63, 3.8) is 0 Å². The first kappa shape index (κ1) is 18.5. The minimum absolute atomic E-state index is 0.334. The third-order valence-corrected chi connectivity index (χ3v) is 5.11. The van der Waals surface area contributed by atoms with Crippen LogP contribution in [0.5, 0.6) is 0 Å². The summed E-state index contributed by atoms with van der Waals surface area (Å²) in [5.41, 5.74) is 2.05. The van der Waals surface area contributed by atoms with E-state index in [1.54, 1.807) is 0 Å². The predicted octanol–water partition coefficient (Wildman–Crippen LogP) is 3.43. The number of rotatable bonds is 7. The first-order valence-corrected chi connectivity index (χ1v) is 9.98. The van der Waals surface area contributed by atoms with Crippen molar-refractivity contribution in [2.45, 2.75) is 39.7 Å². The number of nitrogens with zero attached hydrogens (tertiary/aromatic N) is 3. The second kappa shape index (κ2) is 8.85. The molecule has 0 bridgehead atoms. The Kier molecular flexibility index (Phi) is 6.28. The van der Waals surface area contributed by atoms with Gasteiger partial charge < -0.3 is 15.0 Å². The highest BCUT2D eigenvalue weighted by Gasteiger charge is 2.08. The Morgan fingerprint density at radius 2 is 2.19 bits per heavy atom. The summed E-state index contributed by atoms with van der Waals surface area (Å²) < 4.78 is 2.05. The molecule has 0 amide bonds. The molecule has 26 heavy (non-hydrogen) atoms. The van der Waals surface area contributed by atoms with E-state index in [9.17, 15) is 0 Å². The predicted molar refractivity (Wildman–Crippen MR) is 110 cm³/mol. The summed E-state index contributed by atoms with van der Waals surface area (Å²) in [6.07, 6.45) is 5.94. The molecule has 1 unspecified atom stereocenters. The zero-order chi connectivity index (χ0) is 18.4. The number of aliphatic imine (C=N–C) groups is 1. The molecule has 3 rings (SSSR count). The number of aromatic nitrogens is 2. The van der Waals surface area contributed by atoms with Gasteiger partial charge in [-0.2, -0.15) is 0 Å². The highest BCUT2D eigenvalue weighted by molar-refractivity contribution is 7.11. The first-order valence-electron chi connectivity index (χ1n) is 9.17. The highest BCUT2D eigenvalue weighted by atomic mass is 32.1. The molecule has 3 aromatic rings. The van der Waals surface area contributed by atoms with Gasteiger partial charge in [0.05, 0.1) is 5.69 Å². The number of nitrogens with one attached hydrogen (secondary N) is 2. The van der Waals surface area contributed by atoms with Crippen molar-refractivity contribution in [1.82, 2.24) is 20.0 Å². The normalized spacial score (nSPS) is 13.1. The first-order chi connectivity index (χ1) is 12.6. The number of fused-ring (bicyclic) bond motifs is 1. The number of pyridine rings is 1. The van der Waals surface area contributed by atoms with E-state index in [-0.39, 0.29) is 0 Å². The Morgan fingerprint density at radius 1 is 1.31 bits per heavy atom. The number of imidazole rings is 1. The van der Waals surface area contributed by atoms with Crippen LogP contribution in [0.2, 0.25) is 0 Å². The lowest BCUT2D eigenvalue weighted by Crippen LogP contribution is -2.43. The Hall–Kier alpha value is -2.34. The van der Waals surface area contributed by atoms with Gasteiger partial charge in [0.1, 0.15) is 5.65 Å². The lowest BCUT2D eigenvalue weighted by molar-refractivity contribution is 0.645. The summed E-state index contributed by atoms with van der Waals surface area (Å²) >= 11 is 1.86. The van der Waals surface area contributed by atoms with Gasteiger partial charge in [-0.05, 0) is 45.0 Å². The maximum Gasteiger partial charge on any atom is 0.191 e. The molecular weight excluding hydrogens is 342 g/mol. The number of hydrogen-bond donors (Lipinski definition) is 2. The molecule has 3 heterocycles. The fraction of sp³-hybridized carbons (Fsp3) is 0.400.